The third kappa shape index (κ3) is 1.81. The fourth-order valence-electron chi connectivity index (χ4n) is 1.90. The van der Waals surface area contributed by atoms with Gasteiger partial charge in [-0.3, -0.25) is 4.79 Å². The molecule has 0 bridgehead atoms. The summed E-state index contributed by atoms with van der Waals surface area (Å²) in [5.41, 5.74) is -0.889. The molecular weight excluding hydrogens is 185 g/mol. The fourth-order valence-corrected chi connectivity index (χ4v) is 1.90. The maximum absolute atomic E-state index is 13.9. The Bertz CT molecular complexity index is 331. The number of hydrogen-bond acceptors (Lipinski definition) is 3. The van der Waals surface area contributed by atoms with E-state index in [9.17, 15) is 9.18 Å². The molecule has 0 unspecified atom stereocenters. The van der Waals surface area contributed by atoms with Gasteiger partial charge < -0.3 is 0 Å². The third-order valence-corrected chi connectivity index (χ3v) is 2.62. The Hall–Kier alpha value is -1.26. The van der Waals surface area contributed by atoms with Crippen molar-refractivity contribution in [2.45, 2.75) is 37.9 Å². The van der Waals surface area contributed by atoms with Crippen LogP contribution in [0.5, 0.6) is 0 Å². The van der Waals surface area contributed by atoms with E-state index in [1.807, 2.05) is 0 Å². The molecule has 0 N–H and O–H groups in total. The highest BCUT2D eigenvalue weighted by atomic mass is 19.1. The van der Waals surface area contributed by atoms with Crippen LogP contribution in [0.3, 0.4) is 0 Å². The predicted octanol–water partition coefficient (Wildman–Crippen LogP) is 1.37. The van der Waals surface area contributed by atoms with Gasteiger partial charge in [-0.15, -0.1) is 5.10 Å². The van der Waals surface area contributed by atoms with Gasteiger partial charge in [-0.2, -0.15) is 0 Å². The Morgan fingerprint density at radius 2 is 2.29 bits per heavy atom. The van der Waals surface area contributed by atoms with E-state index in [1.165, 1.54) is 10.9 Å². The topological polar surface area (TPSA) is 47.8 Å². The van der Waals surface area contributed by atoms with Crippen LogP contribution in [-0.4, -0.2) is 26.9 Å². The van der Waals surface area contributed by atoms with Crippen LogP contribution < -0.4 is 0 Å². The number of carbonyl (C=O) groups excluding carboxylic acids is 1. The Morgan fingerprint density at radius 3 is 2.86 bits per heavy atom. The molecule has 1 fully saturated rings. The van der Waals surface area contributed by atoms with Crippen molar-refractivity contribution < 1.29 is 9.18 Å². The number of hydrogen-bond donors (Lipinski definition) is 0. The van der Waals surface area contributed by atoms with Gasteiger partial charge in [0.05, 0.1) is 12.7 Å². The molecule has 0 radical (unpaired) electrons. The summed E-state index contributed by atoms with van der Waals surface area (Å²) in [7, 11) is 0. The molecule has 0 aromatic carbocycles. The van der Waals surface area contributed by atoms with Crippen molar-refractivity contribution >= 4 is 6.29 Å². The number of aldehydes is 1. The zero-order chi connectivity index (χ0) is 10.0. The first kappa shape index (κ1) is 9.30. The molecule has 1 heterocycles. The summed E-state index contributed by atoms with van der Waals surface area (Å²) in [6, 6.07) is 0. The molecule has 76 valence electrons. The van der Waals surface area contributed by atoms with Gasteiger partial charge in [0.2, 0.25) is 0 Å². The molecule has 1 aliphatic rings. The number of carbonyl (C=O) groups is 1. The van der Waals surface area contributed by atoms with E-state index in [1.54, 1.807) is 0 Å². The Balaban J connectivity index is 2.05. The lowest BCUT2D eigenvalue weighted by Crippen LogP contribution is -2.25. The molecule has 0 amide bonds. The summed E-state index contributed by atoms with van der Waals surface area (Å²) in [6.07, 6.45) is 5.14. The lowest BCUT2D eigenvalue weighted by molar-refractivity contribution is 0.111. The predicted molar refractivity (Wildman–Crippen MR) is 47.7 cm³/mol. The Kier molecular flexibility index (Phi) is 2.31. The zero-order valence-corrected chi connectivity index (χ0v) is 7.82. The van der Waals surface area contributed by atoms with Gasteiger partial charge in [0.15, 0.2) is 6.29 Å². The van der Waals surface area contributed by atoms with Crippen molar-refractivity contribution in [1.29, 1.82) is 0 Å². The van der Waals surface area contributed by atoms with E-state index in [0.717, 1.165) is 12.8 Å². The van der Waals surface area contributed by atoms with Gasteiger partial charge in [-0.05, 0) is 12.8 Å². The molecule has 5 heteroatoms. The molecule has 1 aromatic heterocycles. The van der Waals surface area contributed by atoms with E-state index in [2.05, 4.69) is 10.3 Å². The van der Waals surface area contributed by atoms with Gasteiger partial charge in [-0.25, -0.2) is 9.07 Å². The van der Waals surface area contributed by atoms with Crippen molar-refractivity contribution in [1.82, 2.24) is 15.0 Å². The van der Waals surface area contributed by atoms with Gasteiger partial charge >= 0.3 is 0 Å². The normalized spacial score (nSPS) is 19.8. The van der Waals surface area contributed by atoms with Crippen LogP contribution >= 0.6 is 0 Å². The molecule has 0 aliphatic heterocycles. The van der Waals surface area contributed by atoms with Crippen LogP contribution in [0.15, 0.2) is 6.20 Å². The summed E-state index contributed by atoms with van der Waals surface area (Å²) >= 11 is 0. The standard InChI is InChI=1S/C9H12FN3O/c10-9(3-1-2-4-9)7-13-5-8(6-14)11-12-13/h5-6H,1-4,7H2. The number of nitrogens with zero attached hydrogens (tertiary/aromatic N) is 3. The number of rotatable bonds is 3. The summed E-state index contributed by atoms with van der Waals surface area (Å²) in [5, 5.41) is 7.28. The van der Waals surface area contributed by atoms with Crippen LogP contribution in [0.25, 0.3) is 0 Å². The molecule has 4 nitrogen and oxygen atoms in total. The second kappa shape index (κ2) is 3.48. The van der Waals surface area contributed by atoms with Crippen LogP contribution in [-0.2, 0) is 6.54 Å². The van der Waals surface area contributed by atoms with Crippen LogP contribution in [0, 0.1) is 0 Å². The first-order valence-corrected chi connectivity index (χ1v) is 4.76. The minimum absolute atomic E-state index is 0.216. The smallest absolute Gasteiger partial charge is 0.171 e. The third-order valence-electron chi connectivity index (χ3n) is 2.62. The van der Waals surface area contributed by atoms with Crippen molar-refractivity contribution in [2.75, 3.05) is 0 Å². The van der Waals surface area contributed by atoms with Crippen molar-refractivity contribution in [3.63, 3.8) is 0 Å². The summed E-state index contributed by atoms with van der Waals surface area (Å²) < 4.78 is 15.3. The highest BCUT2D eigenvalue weighted by molar-refractivity contribution is 5.70. The quantitative estimate of drug-likeness (QED) is 0.687. The Morgan fingerprint density at radius 1 is 1.57 bits per heavy atom. The number of alkyl halides is 1. The maximum Gasteiger partial charge on any atom is 0.171 e. The highest BCUT2D eigenvalue weighted by Gasteiger charge is 2.34. The van der Waals surface area contributed by atoms with E-state index in [0.29, 0.717) is 19.1 Å². The van der Waals surface area contributed by atoms with Gasteiger partial charge in [0, 0.05) is 0 Å². The van der Waals surface area contributed by atoms with Crippen molar-refractivity contribution in [2.24, 2.45) is 0 Å². The molecule has 0 saturated heterocycles. The monoisotopic (exact) mass is 197 g/mol. The van der Waals surface area contributed by atoms with Gasteiger partial charge in [0.1, 0.15) is 11.4 Å². The van der Waals surface area contributed by atoms with Crippen molar-refractivity contribution in [3.8, 4) is 0 Å². The fraction of sp³-hybridized carbons (Fsp3) is 0.667. The second-order valence-electron chi connectivity index (χ2n) is 3.82. The van der Waals surface area contributed by atoms with Gasteiger partial charge in [0.25, 0.3) is 0 Å². The first-order chi connectivity index (χ1) is 6.72. The molecule has 14 heavy (non-hydrogen) atoms. The second-order valence-corrected chi connectivity index (χ2v) is 3.82. The van der Waals surface area contributed by atoms with E-state index in [4.69, 9.17) is 0 Å². The average molecular weight is 197 g/mol. The summed E-state index contributed by atoms with van der Waals surface area (Å²) in [6.45, 7) is 0.216. The van der Waals surface area contributed by atoms with E-state index >= 15 is 0 Å². The number of aromatic nitrogens is 3. The largest absolute Gasteiger partial charge is 0.296 e. The van der Waals surface area contributed by atoms with E-state index < -0.39 is 5.67 Å². The molecule has 0 atom stereocenters. The molecule has 1 aliphatic carbocycles. The zero-order valence-electron chi connectivity index (χ0n) is 7.82. The molecule has 2 rings (SSSR count). The molecular formula is C9H12FN3O. The maximum atomic E-state index is 13.9. The molecule has 1 aromatic rings. The summed E-state index contributed by atoms with van der Waals surface area (Å²) in [4.78, 5) is 10.3. The van der Waals surface area contributed by atoms with Gasteiger partial charge in [-0.1, -0.05) is 18.1 Å². The average Bonchev–Trinajstić information content (AvgIpc) is 2.75. The summed E-state index contributed by atoms with van der Waals surface area (Å²) in [5.74, 6) is 0. The lowest BCUT2D eigenvalue weighted by atomic mass is 10.1. The SMILES string of the molecule is O=Cc1cn(CC2(F)CCCC2)nn1. The minimum Gasteiger partial charge on any atom is -0.296 e. The Labute approximate surface area is 81.1 Å². The van der Waals surface area contributed by atoms with Crippen LogP contribution in [0.2, 0.25) is 0 Å². The lowest BCUT2D eigenvalue weighted by Gasteiger charge is -2.17. The molecule has 1 saturated carbocycles. The number of halogens is 1. The first-order valence-electron chi connectivity index (χ1n) is 4.76. The van der Waals surface area contributed by atoms with Crippen molar-refractivity contribution in [3.05, 3.63) is 11.9 Å². The van der Waals surface area contributed by atoms with E-state index in [-0.39, 0.29) is 12.2 Å². The molecule has 0 spiro atoms. The van der Waals surface area contributed by atoms with Crippen LogP contribution in [0.1, 0.15) is 36.2 Å². The highest BCUT2D eigenvalue weighted by Crippen LogP contribution is 2.34. The minimum atomic E-state index is -1.14. The van der Waals surface area contributed by atoms with Crippen LogP contribution in [0.4, 0.5) is 4.39 Å².